The Balaban J connectivity index is -0.000000313. The average Bonchev–Trinajstić information content (AvgIpc) is 3.48. The third-order valence-corrected chi connectivity index (χ3v) is 6.01. The summed E-state index contributed by atoms with van der Waals surface area (Å²) in [6, 6.07) is 0.861. The second-order valence-electron chi connectivity index (χ2n) is 7.39. The van der Waals surface area contributed by atoms with Crippen LogP contribution >= 0.6 is 11.9 Å². The maximum Gasteiger partial charge on any atom is 0.00917 e. The predicted octanol–water partition coefficient (Wildman–Crippen LogP) is 7.33. The molecule has 3 aliphatic rings. The van der Waals surface area contributed by atoms with Gasteiger partial charge in [0.1, 0.15) is 0 Å². The number of piperidine rings is 1. The van der Waals surface area contributed by atoms with Crippen molar-refractivity contribution in [3.8, 4) is 0 Å². The monoisotopic (exact) mass is 433 g/mol. The minimum atomic E-state index is 0.861. The predicted molar refractivity (Wildman–Crippen MR) is 140 cm³/mol. The standard InChI is InChI=1S/C7H15NS.C7H15N.C5H11N.3C2H6/c1-7-3-5-8(9-2)6-4-7;1-2-4-7-5-3-6-8-7;1-6-4-2-3-5-6;3*1-2/h7H,3-6H2,1-2H3;7-8H,2-6H2,1H3;2-5H2,1H3;3*1-2H3. The lowest BCUT2D eigenvalue weighted by atomic mass is 10.0. The van der Waals surface area contributed by atoms with Gasteiger partial charge in [-0.2, -0.15) is 0 Å². The van der Waals surface area contributed by atoms with Crippen molar-refractivity contribution in [3.63, 3.8) is 0 Å². The molecule has 180 valence electrons. The van der Waals surface area contributed by atoms with Gasteiger partial charge in [-0.1, -0.05) is 73.8 Å². The molecule has 0 radical (unpaired) electrons. The summed E-state index contributed by atoms with van der Waals surface area (Å²) >= 11 is 1.88. The molecule has 29 heavy (non-hydrogen) atoms. The van der Waals surface area contributed by atoms with Crippen LogP contribution in [0.2, 0.25) is 0 Å². The van der Waals surface area contributed by atoms with Crippen LogP contribution in [0.1, 0.15) is 107 Å². The summed E-state index contributed by atoms with van der Waals surface area (Å²) in [6.45, 7) is 23.1. The van der Waals surface area contributed by atoms with Gasteiger partial charge in [-0.15, -0.1) is 0 Å². The van der Waals surface area contributed by atoms with E-state index in [4.69, 9.17) is 0 Å². The highest BCUT2D eigenvalue weighted by atomic mass is 32.2. The van der Waals surface area contributed by atoms with Gasteiger partial charge in [0.05, 0.1) is 0 Å². The van der Waals surface area contributed by atoms with E-state index < -0.39 is 0 Å². The second kappa shape index (κ2) is 28.2. The van der Waals surface area contributed by atoms with Crippen molar-refractivity contribution in [2.75, 3.05) is 46.0 Å². The van der Waals surface area contributed by atoms with Gasteiger partial charge in [-0.05, 0) is 83.8 Å². The van der Waals surface area contributed by atoms with Gasteiger partial charge < -0.3 is 10.2 Å². The van der Waals surface area contributed by atoms with E-state index in [9.17, 15) is 0 Å². The lowest BCUT2D eigenvalue weighted by Crippen LogP contribution is -2.26. The van der Waals surface area contributed by atoms with E-state index in [1.54, 1.807) is 0 Å². The van der Waals surface area contributed by atoms with E-state index >= 15 is 0 Å². The van der Waals surface area contributed by atoms with Gasteiger partial charge in [-0.3, -0.25) is 4.31 Å². The van der Waals surface area contributed by atoms with Crippen LogP contribution in [0.25, 0.3) is 0 Å². The van der Waals surface area contributed by atoms with Gasteiger partial charge >= 0.3 is 0 Å². The summed E-state index contributed by atoms with van der Waals surface area (Å²) in [5, 5.41) is 3.46. The molecular formula is C25H59N3S. The van der Waals surface area contributed by atoms with Crippen molar-refractivity contribution < 1.29 is 0 Å². The highest BCUT2D eigenvalue weighted by Crippen LogP contribution is 2.19. The van der Waals surface area contributed by atoms with Crippen LogP contribution in [0, 0.1) is 5.92 Å². The number of likely N-dealkylation sites (tertiary alicyclic amines) is 1. The summed E-state index contributed by atoms with van der Waals surface area (Å²) in [4.78, 5) is 2.36. The first-order valence-corrected chi connectivity index (χ1v) is 14.0. The van der Waals surface area contributed by atoms with Crippen molar-refractivity contribution in [1.82, 2.24) is 14.5 Å². The maximum absolute atomic E-state index is 3.46. The fourth-order valence-electron chi connectivity index (χ4n) is 3.39. The van der Waals surface area contributed by atoms with Crippen LogP contribution in [-0.2, 0) is 0 Å². The number of nitrogens with one attached hydrogen (secondary N) is 1. The fraction of sp³-hybridized carbons (Fsp3) is 1.00. The zero-order valence-electron chi connectivity index (χ0n) is 22.1. The van der Waals surface area contributed by atoms with E-state index in [1.165, 1.54) is 84.1 Å². The van der Waals surface area contributed by atoms with Crippen LogP contribution in [0.3, 0.4) is 0 Å². The van der Waals surface area contributed by atoms with Gasteiger partial charge in [0.2, 0.25) is 0 Å². The zero-order valence-corrected chi connectivity index (χ0v) is 23.0. The third-order valence-electron chi connectivity index (χ3n) is 5.13. The number of hydrogen-bond acceptors (Lipinski definition) is 4. The van der Waals surface area contributed by atoms with Crippen molar-refractivity contribution in [2.24, 2.45) is 5.92 Å². The molecule has 3 fully saturated rings. The first kappa shape index (κ1) is 33.9. The molecule has 0 spiro atoms. The molecule has 0 bridgehead atoms. The smallest absolute Gasteiger partial charge is 0.00917 e. The molecule has 3 heterocycles. The second-order valence-corrected chi connectivity index (χ2v) is 8.27. The van der Waals surface area contributed by atoms with Gasteiger partial charge in [-0.25, -0.2) is 0 Å². The van der Waals surface area contributed by atoms with Crippen molar-refractivity contribution in [2.45, 2.75) is 113 Å². The summed E-state index contributed by atoms with van der Waals surface area (Å²) in [5.41, 5.74) is 0. The van der Waals surface area contributed by atoms with Crippen LogP contribution in [-0.4, -0.2) is 61.3 Å². The molecule has 3 aliphatic heterocycles. The van der Waals surface area contributed by atoms with Crippen LogP contribution < -0.4 is 5.32 Å². The first-order chi connectivity index (χ1) is 14.2. The van der Waals surface area contributed by atoms with E-state index in [2.05, 4.69) is 41.7 Å². The minimum absolute atomic E-state index is 0.861. The van der Waals surface area contributed by atoms with Gasteiger partial charge in [0.15, 0.2) is 0 Å². The Bertz CT molecular complexity index is 257. The molecule has 0 aromatic carbocycles. The lowest BCUT2D eigenvalue weighted by molar-refractivity contribution is 0.309. The Morgan fingerprint density at radius 2 is 1.34 bits per heavy atom. The summed E-state index contributed by atoms with van der Waals surface area (Å²) in [7, 11) is 2.17. The Kier molecular flexibility index (Phi) is 33.0. The summed E-state index contributed by atoms with van der Waals surface area (Å²) in [5.74, 6) is 0.966. The molecular weight excluding hydrogens is 374 g/mol. The molecule has 1 atom stereocenters. The Hall–Kier alpha value is 0.230. The molecule has 0 saturated carbocycles. The summed E-state index contributed by atoms with van der Waals surface area (Å²) < 4.78 is 2.44. The molecule has 3 rings (SSSR count). The number of hydrogen-bond donors (Lipinski definition) is 1. The molecule has 3 nitrogen and oxygen atoms in total. The highest BCUT2D eigenvalue weighted by molar-refractivity contribution is 7.96. The molecule has 0 amide bonds. The minimum Gasteiger partial charge on any atom is -0.314 e. The van der Waals surface area contributed by atoms with Crippen LogP contribution in [0.4, 0.5) is 0 Å². The Morgan fingerprint density at radius 1 is 0.828 bits per heavy atom. The van der Waals surface area contributed by atoms with Crippen LogP contribution in [0.5, 0.6) is 0 Å². The molecule has 0 aliphatic carbocycles. The molecule has 1 N–H and O–H groups in total. The maximum atomic E-state index is 3.46. The molecule has 3 saturated heterocycles. The topological polar surface area (TPSA) is 18.5 Å². The molecule has 1 unspecified atom stereocenters. The normalized spacial score (nSPS) is 21.5. The van der Waals surface area contributed by atoms with E-state index in [1.807, 2.05) is 53.5 Å². The van der Waals surface area contributed by atoms with E-state index in [0.29, 0.717) is 0 Å². The van der Waals surface area contributed by atoms with E-state index in [0.717, 1.165) is 12.0 Å². The first-order valence-electron chi connectivity index (χ1n) is 12.9. The highest BCUT2D eigenvalue weighted by Gasteiger charge is 2.13. The van der Waals surface area contributed by atoms with Crippen molar-refractivity contribution in [1.29, 1.82) is 0 Å². The Labute approximate surface area is 191 Å². The third kappa shape index (κ3) is 22.7. The lowest BCUT2D eigenvalue weighted by Gasteiger charge is -2.27. The number of nitrogens with zero attached hydrogens (tertiary/aromatic N) is 2. The molecule has 0 aromatic rings. The SMILES string of the molecule is CC.CC.CC.CCCC1CCCN1.CN1CCCC1.CSN1CCC(C)CC1. The fourth-order valence-corrected chi connectivity index (χ4v) is 3.97. The quantitative estimate of drug-likeness (QED) is 0.469. The van der Waals surface area contributed by atoms with Crippen LogP contribution in [0.15, 0.2) is 0 Å². The molecule has 0 aromatic heterocycles. The molecule has 4 heteroatoms. The zero-order chi connectivity index (χ0) is 22.9. The van der Waals surface area contributed by atoms with Gasteiger partial charge in [0.25, 0.3) is 0 Å². The largest absolute Gasteiger partial charge is 0.314 e. The van der Waals surface area contributed by atoms with Crippen molar-refractivity contribution >= 4 is 11.9 Å². The average molecular weight is 434 g/mol. The number of rotatable bonds is 3. The van der Waals surface area contributed by atoms with E-state index in [-0.39, 0.29) is 0 Å². The van der Waals surface area contributed by atoms with Gasteiger partial charge in [0, 0.05) is 19.1 Å². The summed E-state index contributed by atoms with van der Waals surface area (Å²) in [6.07, 6.45) is 13.3. The Morgan fingerprint density at radius 3 is 1.66 bits per heavy atom. The van der Waals surface area contributed by atoms with Crippen molar-refractivity contribution in [3.05, 3.63) is 0 Å².